The quantitative estimate of drug-likeness (QED) is 0.206. The molecule has 0 aliphatic carbocycles. The Labute approximate surface area is 234 Å². The van der Waals surface area contributed by atoms with Crippen molar-refractivity contribution in [1.82, 2.24) is 25.1 Å². The number of hydrogen-bond donors (Lipinski definition) is 3. The molecule has 0 amide bonds. The zero-order chi connectivity index (χ0) is 31.2. The predicted octanol–water partition coefficient (Wildman–Crippen LogP) is 4.41. The number of aromatic nitrogens is 4. The fourth-order valence-corrected chi connectivity index (χ4v) is 3.92. The van der Waals surface area contributed by atoms with Crippen molar-refractivity contribution in [3.63, 3.8) is 0 Å². The van der Waals surface area contributed by atoms with Gasteiger partial charge in [0.2, 0.25) is 0 Å². The average Bonchev–Trinajstić information content (AvgIpc) is 2.91. The van der Waals surface area contributed by atoms with Crippen molar-refractivity contribution in [1.29, 1.82) is 0 Å². The number of aliphatic hydroxyl groups is 1. The minimum atomic E-state index is -4.95. The van der Waals surface area contributed by atoms with Gasteiger partial charge < -0.3 is 15.3 Å². The van der Waals surface area contributed by atoms with E-state index in [2.05, 4.69) is 20.4 Å². The molecule has 16 heteroatoms. The van der Waals surface area contributed by atoms with E-state index in [0.717, 1.165) is 24.7 Å². The van der Waals surface area contributed by atoms with Gasteiger partial charge in [0.25, 0.3) is 11.5 Å². The van der Waals surface area contributed by atoms with Crippen LogP contribution in [-0.4, -0.2) is 68.9 Å². The van der Waals surface area contributed by atoms with Gasteiger partial charge in [0.05, 0.1) is 23.0 Å². The van der Waals surface area contributed by atoms with Gasteiger partial charge in [-0.1, -0.05) is 0 Å². The number of carbonyl (C=O) groups excluding carboxylic acids is 1. The second-order valence-electron chi connectivity index (χ2n) is 9.36. The first-order valence-corrected chi connectivity index (χ1v) is 12.2. The van der Waals surface area contributed by atoms with Gasteiger partial charge in [0.15, 0.2) is 12.1 Å². The molecule has 0 bridgehead atoms. The third-order valence-electron chi connectivity index (χ3n) is 5.96. The molecule has 9 nitrogen and oxygen atoms in total. The van der Waals surface area contributed by atoms with Crippen molar-refractivity contribution < 1.29 is 40.6 Å². The molecular weight excluding hydrogens is 577 g/mol. The summed E-state index contributed by atoms with van der Waals surface area (Å²) < 4.78 is 96.4. The Morgan fingerprint density at radius 2 is 1.79 bits per heavy atom. The number of nitrogens with one attached hydrogen (secondary N) is 2. The molecule has 3 aromatic rings. The molecule has 226 valence electrons. The summed E-state index contributed by atoms with van der Waals surface area (Å²) in [5.74, 6) is -4.76. The first-order valence-electron chi connectivity index (χ1n) is 12.2. The number of anilines is 1. The molecule has 2 heterocycles. The van der Waals surface area contributed by atoms with Crippen LogP contribution in [0.15, 0.2) is 41.7 Å². The second kappa shape index (κ2) is 13.1. The normalized spacial score (nSPS) is 13.7. The van der Waals surface area contributed by atoms with Gasteiger partial charge in [-0.2, -0.15) is 27.1 Å². The highest BCUT2D eigenvalue weighted by molar-refractivity contribution is 5.84. The molecule has 0 radical (unpaired) electrons. The standard InChI is InChI=1S/C26H25F7N6O3/c1-14(37-21-10-36-38-24(42)22(21)26(31,32)33)5-18(27)11-39(2)4-3-15-6-19(20(28)7-16(15)12-40)23-34-8-17(9-35-23)25(29,30)13-41/h3-4,6-10,12,14,18,41H,5,11,13H2,1-2H3,(H2,37,38,42)/b4-3-. The molecule has 3 N–H and O–H groups in total. The lowest BCUT2D eigenvalue weighted by Gasteiger charge is -2.22. The lowest BCUT2D eigenvalue weighted by Crippen LogP contribution is -2.30. The van der Waals surface area contributed by atoms with Gasteiger partial charge in [-0.05, 0) is 36.9 Å². The number of nitrogens with zero attached hydrogens (tertiary/aromatic N) is 4. The van der Waals surface area contributed by atoms with E-state index in [4.69, 9.17) is 5.11 Å². The van der Waals surface area contributed by atoms with E-state index in [-0.39, 0.29) is 35.5 Å². The summed E-state index contributed by atoms with van der Waals surface area (Å²) in [6.07, 6.45) is -1.36. The van der Waals surface area contributed by atoms with Crippen LogP contribution in [0.2, 0.25) is 0 Å². The van der Waals surface area contributed by atoms with Gasteiger partial charge in [-0.25, -0.2) is 23.8 Å². The molecule has 0 fully saturated rings. The number of carbonyl (C=O) groups is 1. The van der Waals surface area contributed by atoms with Crippen LogP contribution >= 0.6 is 0 Å². The van der Waals surface area contributed by atoms with Crippen LogP contribution in [0.1, 0.15) is 40.4 Å². The molecule has 42 heavy (non-hydrogen) atoms. The molecule has 2 atom stereocenters. The van der Waals surface area contributed by atoms with Crippen molar-refractivity contribution in [3.05, 3.63) is 75.3 Å². The molecule has 0 aliphatic rings. The molecule has 1 aromatic carbocycles. The third kappa shape index (κ3) is 7.90. The third-order valence-corrected chi connectivity index (χ3v) is 5.96. The number of aliphatic hydroxyl groups excluding tert-OH is 1. The number of H-pyrrole nitrogens is 1. The maximum Gasteiger partial charge on any atom is 0.423 e. The number of aromatic amines is 1. The van der Waals surface area contributed by atoms with E-state index in [9.17, 15) is 40.3 Å². The maximum absolute atomic E-state index is 14.8. The number of hydrogen-bond acceptors (Lipinski definition) is 8. The largest absolute Gasteiger partial charge is 0.423 e. The van der Waals surface area contributed by atoms with Gasteiger partial charge in [0, 0.05) is 44.0 Å². The van der Waals surface area contributed by atoms with Gasteiger partial charge in [-0.3, -0.25) is 9.59 Å². The van der Waals surface area contributed by atoms with Crippen molar-refractivity contribution in [2.75, 3.05) is 25.5 Å². The summed E-state index contributed by atoms with van der Waals surface area (Å²) in [5, 5.41) is 16.3. The van der Waals surface area contributed by atoms with Crippen LogP contribution < -0.4 is 10.9 Å². The van der Waals surface area contributed by atoms with E-state index < -0.39 is 59.1 Å². The van der Waals surface area contributed by atoms with E-state index in [0.29, 0.717) is 6.29 Å². The van der Waals surface area contributed by atoms with Gasteiger partial charge in [-0.15, -0.1) is 0 Å². The van der Waals surface area contributed by atoms with E-state index in [1.54, 1.807) is 5.10 Å². The van der Waals surface area contributed by atoms with Gasteiger partial charge in [0.1, 0.15) is 24.2 Å². The maximum atomic E-state index is 14.8. The Morgan fingerprint density at radius 3 is 2.38 bits per heavy atom. The van der Waals surface area contributed by atoms with E-state index in [1.165, 1.54) is 37.2 Å². The smallest absolute Gasteiger partial charge is 0.390 e. The fourth-order valence-electron chi connectivity index (χ4n) is 3.92. The zero-order valence-electron chi connectivity index (χ0n) is 22.1. The Kier molecular flexibility index (Phi) is 10.0. The van der Waals surface area contributed by atoms with Crippen LogP contribution in [0.3, 0.4) is 0 Å². The Balaban J connectivity index is 1.70. The van der Waals surface area contributed by atoms with Crippen LogP contribution in [0.5, 0.6) is 0 Å². The van der Waals surface area contributed by atoms with E-state index >= 15 is 0 Å². The summed E-state index contributed by atoms with van der Waals surface area (Å²) in [5.41, 5.74) is -4.30. The number of benzene rings is 1. The van der Waals surface area contributed by atoms with Crippen molar-refractivity contribution in [2.45, 2.75) is 37.7 Å². The summed E-state index contributed by atoms with van der Waals surface area (Å²) >= 11 is 0. The zero-order valence-corrected chi connectivity index (χ0v) is 22.1. The Morgan fingerprint density at radius 1 is 1.12 bits per heavy atom. The number of alkyl halides is 6. The Hall–Kier alpha value is -4.34. The first kappa shape index (κ1) is 32.2. The molecule has 2 unspecified atom stereocenters. The number of aldehydes is 1. The summed E-state index contributed by atoms with van der Waals surface area (Å²) in [6, 6.07) is 1.27. The lowest BCUT2D eigenvalue weighted by molar-refractivity contribution is -0.138. The van der Waals surface area contributed by atoms with Crippen molar-refractivity contribution in [3.8, 4) is 11.4 Å². The minimum absolute atomic E-state index is 0.0779. The van der Waals surface area contributed by atoms with Crippen LogP contribution in [-0.2, 0) is 12.1 Å². The number of halogens is 7. The highest BCUT2D eigenvalue weighted by Crippen LogP contribution is 2.32. The lowest BCUT2D eigenvalue weighted by atomic mass is 10.0. The molecule has 0 aliphatic heterocycles. The first-order chi connectivity index (χ1) is 19.7. The summed E-state index contributed by atoms with van der Waals surface area (Å²) in [7, 11) is 1.48. The molecule has 0 spiro atoms. The summed E-state index contributed by atoms with van der Waals surface area (Å²) in [6.45, 7) is -0.267. The minimum Gasteiger partial charge on any atom is -0.390 e. The van der Waals surface area contributed by atoms with Crippen LogP contribution in [0, 0.1) is 5.82 Å². The molecule has 0 saturated heterocycles. The summed E-state index contributed by atoms with van der Waals surface area (Å²) in [4.78, 5) is 31.9. The van der Waals surface area contributed by atoms with Crippen molar-refractivity contribution >= 4 is 18.0 Å². The Bertz CT molecular complexity index is 1480. The van der Waals surface area contributed by atoms with Gasteiger partial charge >= 0.3 is 6.18 Å². The second-order valence-corrected chi connectivity index (χ2v) is 9.36. The molecule has 3 rings (SSSR count). The SMILES string of the molecule is CC(CC(F)CN(C)/C=C\c1cc(-c2ncc(C(F)(F)CO)cn2)c(F)cc1C=O)Nc1cn[nH]c(=O)c1C(F)(F)F. The highest BCUT2D eigenvalue weighted by atomic mass is 19.4. The van der Waals surface area contributed by atoms with E-state index in [1.807, 2.05) is 0 Å². The molecular formula is C26H25F7N6O3. The molecule has 2 aromatic heterocycles. The van der Waals surface area contributed by atoms with Crippen molar-refractivity contribution in [2.24, 2.45) is 0 Å². The molecule has 0 saturated carbocycles. The van der Waals surface area contributed by atoms with Crippen LogP contribution in [0.4, 0.5) is 36.4 Å². The van der Waals surface area contributed by atoms with Crippen LogP contribution in [0.25, 0.3) is 17.5 Å². The fraction of sp³-hybridized carbons (Fsp3) is 0.346. The predicted molar refractivity (Wildman–Crippen MR) is 138 cm³/mol. The topological polar surface area (TPSA) is 124 Å². The monoisotopic (exact) mass is 602 g/mol. The number of rotatable bonds is 12. The average molecular weight is 603 g/mol. The highest BCUT2D eigenvalue weighted by Gasteiger charge is 2.37.